The van der Waals surface area contributed by atoms with Gasteiger partial charge in [-0.15, -0.1) is 0 Å². The van der Waals surface area contributed by atoms with Crippen LogP contribution in [0.3, 0.4) is 0 Å². The molecule has 4 unspecified atom stereocenters. The lowest BCUT2D eigenvalue weighted by molar-refractivity contribution is -0.282. The zero-order valence-corrected chi connectivity index (χ0v) is 7.52. The minimum atomic E-state index is 0.414. The molecule has 0 spiro atoms. The van der Waals surface area contributed by atoms with E-state index in [0.717, 1.165) is 0 Å². The summed E-state index contributed by atoms with van der Waals surface area (Å²) in [6.07, 6.45) is 7.34. The Morgan fingerprint density at radius 2 is 1.08 bits per heavy atom. The predicted molar refractivity (Wildman–Crippen MR) is 44.5 cm³/mol. The second kappa shape index (κ2) is 2.27. The lowest BCUT2D eigenvalue weighted by Gasteiger charge is -2.44. The molecular formula is C10H14O3. The van der Waals surface area contributed by atoms with E-state index < -0.39 is 0 Å². The van der Waals surface area contributed by atoms with Crippen molar-refractivity contribution in [1.82, 2.24) is 0 Å². The van der Waals surface area contributed by atoms with Crippen molar-refractivity contribution in [1.29, 1.82) is 0 Å². The van der Waals surface area contributed by atoms with Crippen molar-refractivity contribution >= 4 is 0 Å². The smallest absolute Gasteiger partial charge is 0.110 e. The summed E-state index contributed by atoms with van der Waals surface area (Å²) in [5.41, 5.74) is 0. The number of hydrogen-bond acceptors (Lipinski definition) is 3. The SMILES string of the molecule is C1CC2OC1C2OC1C2CCC1O2. The summed E-state index contributed by atoms with van der Waals surface area (Å²) in [7, 11) is 0. The van der Waals surface area contributed by atoms with E-state index in [4.69, 9.17) is 14.2 Å². The zero-order valence-electron chi connectivity index (χ0n) is 7.52. The highest BCUT2D eigenvalue weighted by Gasteiger charge is 2.56. The van der Waals surface area contributed by atoms with Gasteiger partial charge in [0, 0.05) is 0 Å². The van der Waals surface area contributed by atoms with Gasteiger partial charge in [-0.25, -0.2) is 0 Å². The van der Waals surface area contributed by atoms with Gasteiger partial charge in [0.15, 0.2) is 0 Å². The van der Waals surface area contributed by atoms with Crippen molar-refractivity contribution in [2.75, 3.05) is 0 Å². The fourth-order valence-electron chi connectivity index (χ4n) is 3.18. The largest absolute Gasteiger partial charge is 0.369 e. The highest BCUT2D eigenvalue weighted by Crippen LogP contribution is 2.45. The molecule has 13 heavy (non-hydrogen) atoms. The Bertz CT molecular complexity index is 190. The summed E-state index contributed by atoms with van der Waals surface area (Å²) in [5.74, 6) is 0. The fourth-order valence-corrected chi connectivity index (χ4v) is 3.18. The normalized spacial score (nSPS) is 61.8. The molecule has 2 saturated carbocycles. The van der Waals surface area contributed by atoms with E-state index in [1.807, 2.05) is 0 Å². The Hall–Kier alpha value is -0.120. The summed E-state index contributed by atoms with van der Waals surface area (Å²) < 4.78 is 17.2. The summed E-state index contributed by atoms with van der Waals surface area (Å²) in [6.45, 7) is 0. The van der Waals surface area contributed by atoms with Crippen molar-refractivity contribution in [2.45, 2.75) is 62.3 Å². The molecule has 4 aliphatic heterocycles. The Labute approximate surface area is 77.3 Å². The average Bonchev–Trinajstić information content (AvgIpc) is 2.84. The monoisotopic (exact) mass is 182 g/mol. The lowest BCUT2D eigenvalue weighted by atomic mass is 10.1. The maximum atomic E-state index is 6.05. The van der Waals surface area contributed by atoms with Crippen LogP contribution < -0.4 is 0 Å². The summed E-state index contributed by atoms with van der Waals surface area (Å²) in [5, 5.41) is 0. The van der Waals surface area contributed by atoms with E-state index in [1.165, 1.54) is 25.7 Å². The molecule has 6 aliphatic rings. The van der Waals surface area contributed by atoms with Crippen LogP contribution in [-0.4, -0.2) is 36.6 Å². The molecule has 72 valence electrons. The first-order chi connectivity index (χ1) is 6.42. The number of fused-ring (bicyclic) bond motifs is 2. The first-order valence-electron chi connectivity index (χ1n) is 5.38. The third-order valence-electron chi connectivity index (χ3n) is 3.95. The van der Waals surface area contributed by atoms with Gasteiger partial charge >= 0.3 is 0 Å². The van der Waals surface area contributed by atoms with Crippen LogP contribution in [0.25, 0.3) is 0 Å². The maximum absolute atomic E-state index is 6.05. The lowest BCUT2D eigenvalue weighted by Crippen LogP contribution is -2.56. The number of ether oxygens (including phenoxy) is 3. The van der Waals surface area contributed by atoms with Gasteiger partial charge < -0.3 is 14.2 Å². The third kappa shape index (κ3) is 0.808. The van der Waals surface area contributed by atoms with Gasteiger partial charge in [-0.3, -0.25) is 0 Å². The molecule has 4 heterocycles. The van der Waals surface area contributed by atoms with Crippen LogP contribution in [0.5, 0.6) is 0 Å². The molecule has 4 bridgehead atoms. The second-order valence-corrected chi connectivity index (χ2v) is 4.65. The molecule has 3 nitrogen and oxygen atoms in total. The molecule has 3 heteroatoms. The molecule has 2 aliphatic carbocycles. The number of hydrogen-bond donors (Lipinski definition) is 0. The summed E-state index contributed by atoms with van der Waals surface area (Å²) >= 11 is 0. The topological polar surface area (TPSA) is 27.7 Å². The minimum Gasteiger partial charge on any atom is -0.369 e. The van der Waals surface area contributed by atoms with Gasteiger partial charge in [0.25, 0.3) is 0 Å². The van der Waals surface area contributed by atoms with Gasteiger partial charge in [0.1, 0.15) is 12.2 Å². The van der Waals surface area contributed by atoms with Gasteiger partial charge in [-0.1, -0.05) is 0 Å². The van der Waals surface area contributed by atoms with Crippen LogP contribution in [0, 0.1) is 0 Å². The van der Waals surface area contributed by atoms with Gasteiger partial charge in [-0.05, 0) is 25.7 Å². The average molecular weight is 182 g/mol. The molecule has 0 radical (unpaired) electrons. The molecular weight excluding hydrogens is 168 g/mol. The Morgan fingerprint density at radius 1 is 0.692 bits per heavy atom. The van der Waals surface area contributed by atoms with Crippen molar-refractivity contribution in [3.63, 3.8) is 0 Å². The molecule has 0 aromatic heterocycles. The Morgan fingerprint density at radius 3 is 1.38 bits per heavy atom. The summed E-state index contributed by atoms with van der Waals surface area (Å²) in [4.78, 5) is 0. The van der Waals surface area contributed by atoms with E-state index in [-0.39, 0.29) is 0 Å². The minimum absolute atomic E-state index is 0.414. The zero-order chi connectivity index (χ0) is 8.41. The van der Waals surface area contributed by atoms with Gasteiger partial charge in [-0.2, -0.15) is 0 Å². The first-order valence-corrected chi connectivity index (χ1v) is 5.38. The third-order valence-corrected chi connectivity index (χ3v) is 3.95. The van der Waals surface area contributed by atoms with Crippen LogP contribution >= 0.6 is 0 Å². The summed E-state index contributed by atoms with van der Waals surface area (Å²) in [6, 6.07) is 0. The first kappa shape index (κ1) is 7.21. The molecule has 0 aromatic rings. The van der Waals surface area contributed by atoms with E-state index >= 15 is 0 Å². The molecule has 6 rings (SSSR count). The molecule has 6 fully saturated rings. The highest BCUT2D eigenvalue weighted by atomic mass is 16.7. The molecule has 4 saturated heterocycles. The number of rotatable bonds is 2. The molecule has 4 atom stereocenters. The highest BCUT2D eigenvalue weighted by molar-refractivity contribution is 5.03. The van der Waals surface area contributed by atoms with E-state index in [0.29, 0.717) is 36.6 Å². The standard InChI is InChI=1S/C10H14O3/c1-2-6-9(5(1)11-6)13-10-7-3-4-8(10)12-7/h5-10H,1-4H2. The van der Waals surface area contributed by atoms with Crippen LogP contribution in [0.2, 0.25) is 0 Å². The quantitative estimate of drug-likeness (QED) is 0.634. The van der Waals surface area contributed by atoms with E-state index in [2.05, 4.69) is 0 Å². The van der Waals surface area contributed by atoms with Gasteiger partial charge in [0.2, 0.25) is 0 Å². The fraction of sp³-hybridized carbons (Fsp3) is 1.00. The van der Waals surface area contributed by atoms with Crippen LogP contribution in [-0.2, 0) is 14.2 Å². The molecule has 0 N–H and O–H groups in total. The van der Waals surface area contributed by atoms with E-state index in [9.17, 15) is 0 Å². The Balaban J connectivity index is 1.44. The molecule has 0 amide bonds. The Kier molecular flexibility index (Phi) is 1.26. The molecule has 0 aromatic carbocycles. The predicted octanol–water partition coefficient (Wildman–Crippen LogP) is 0.863. The van der Waals surface area contributed by atoms with Crippen LogP contribution in [0.4, 0.5) is 0 Å². The van der Waals surface area contributed by atoms with E-state index in [1.54, 1.807) is 0 Å². The van der Waals surface area contributed by atoms with Crippen LogP contribution in [0.1, 0.15) is 25.7 Å². The maximum Gasteiger partial charge on any atom is 0.110 e. The van der Waals surface area contributed by atoms with Crippen molar-refractivity contribution in [3.05, 3.63) is 0 Å². The van der Waals surface area contributed by atoms with Gasteiger partial charge in [0.05, 0.1) is 24.4 Å². The van der Waals surface area contributed by atoms with Crippen molar-refractivity contribution in [3.8, 4) is 0 Å². The second-order valence-electron chi connectivity index (χ2n) is 4.65. The van der Waals surface area contributed by atoms with Crippen LogP contribution in [0.15, 0.2) is 0 Å². The van der Waals surface area contributed by atoms with Crippen molar-refractivity contribution in [2.24, 2.45) is 0 Å². The van der Waals surface area contributed by atoms with Crippen molar-refractivity contribution < 1.29 is 14.2 Å².